The maximum atomic E-state index is 14.3. The molecule has 1 amide bonds. The topological polar surface area (TPSA) is 108 Å². The fraction of sp³-hybridized carbons (Fsp3) is 0.294. The first kappa shape index (κ1) is 32.3. The number of hydroxylamine groups is 1. The number of anilines is 5. The van der Waals surface area contributed by atoms with Crippen LogP contribution in [-0.2, 0) is 9.63 Å². The van der Waals surface area contributed by atoms with Crippen LogP contribution in [0.2, 0.25) is 0 Å². The van der Waals surface area contributed by atoms with E-state index in [0.717, 1.165) is 36.3 Å². The van der Waals surface area contributed by atoms with Gasteiger partial charge in [-0.05, 0) is 56.4 Å². The van der Waals surface area contributed by atoms with Gasteiger partial charge in [-0.1, -0.05) is 24.8 Å². The van der Waals surface area contributed by atoms with Crippen LogP contribution in [0.1, 0.15) is 23.7 Å². The zero-order chi connectivity index (χ0) is 32.8. The Hall–Kier alpha value is -5.07. The molecule has 11 nitrogen and oxygen atoms in total. The molecule has 2 aromatic heterocycles. The molecule has 240 valence electrons. The first-order valence-corrected chi connectivity index (χ1v) is 14.9. The Morgan fingerprint density at radius 3 is 2.67 bits per heavy atom. The molecule has 1 fully saturated rings. The van der Waals surface area contributed by atoms with Crippen LogP contribution in [0.25, 0.3) is 11.1 Å². The molecular weight excluding hydrogens is 587 g/mol. The van der Waals surface area contributed by atoms with Crippen molar-refractivity contribution < 1.29 is 18.8 Å². The van der Waals surface area contributed by atoms with E-state index in [1.54, 1.807) is 31.4 Å². The summed E-state index contributed by atoms with van der Waals surface area (Å²) < 4.78 is 20.0. The van der Waals surface area contributed by atoms with Crippen LogP contribution in [0.4, 0.5) is 33.1 Å². The van der Waals surface area contributed by atoms with Gasteiger partial charge < -0.3 is 25.2 Å². The first-order valence-electron chi connectivity index (χ1n) is 14.9. The van der Waals surface area contributed by atoms with Crippen molar-refractivity contribution in [3.05, 3.63) is 90.8 Å². The molecule has 0 saturated carbocycles. The zero-order valence-corrected chi connectivity index (χ0v) is 26.7. The number of likely N-dealkylation sites (N-methyl/N-ethyl adjacent to an activating group) is 2. The number of aryl methyl sites for hydroxylation is 1. The van der Waals surface area contributed by atoms with Crippen molar-refractivity contribution >= 4 is 34.6 Å². The van der Waals surface area contributed by atoms with E-state index in [4.69, 9.17) is 9.57 Å². The second-order valence-electron chi connectivity index (χ2n) is 11.3. The smallest absolute Gasteiger partial charge is 0.247 e. The molecule has 12 heteroatoms. The maximum absolute atomic E-state index is 14.3. The Morgan fingerprint density at radius 1 is 1.11 bits per heavy atom. The van der Waals surface area contributed by atoms with Gasteiger partial charge in [0.1, 0.15) is 23.7 Å². The molecule has 0 radical (unpaired) electrons. The predicted octanol–water partition coefficient (Wildman–Crippen LogP) is 5.74. The summed E-state index contributed by atoms with van der Waals surface area (Å²) in [5, 5.41) is 8.01. The van der Waals surface area contributed by atoms with Crippen LogP contribution in [-0.4, -0.2) is 73.7 Å². The van der Waals surface area contributed by atoms with Crippen molar-refractivity contribution in [1.82, 2.24) is 19.9 Å². The number of methoxy groups -OCH3 is 1. The van der Waals surface area contributed by atoms with E-state index in [1.165, 1.54) is 18.5 Å². The van der Waals surface area contributed by atoms with E-state index < -0.39 is 0 Å². The van der Waals surface area contributed by atoms with Crippen LogP contribution >= 0.6 is 0 Å². The minimum atomic E-state index is -0.340. The summed E-state index contributed by atoms with van der Waals surface area (Å²) >= 11 is 0. The van der Waals surface area contributed by atoms with Crippen LogP contribution in [0.3, 0.4) is 0 Å². The second kappa shape index (κ2) is 14.4. The van der Waals surface area contributed by atoms with Gasteiger partial charge >= 0.3 is 0 Å². The lowest BCUT2D eigenvalue weighted by molar-refractivity contribution is -0.111. The first-order chi connectivity index (χ1) is 22.2. The minimum absolute atomic E-state index is 0.127. The predicted molar refractivity (Wildman–Crippen MR) is 179 cm³/mol. The Labute approximate surface area is 268 Å². The Morgan fingerprint density at radius 2 is 1.93 bits per heavy atom. The number of nitrogens with zero attached hydrogens (tertiary/aromatic N) is 6. The molecule has 0 aliphatic carbocycles. The van der Waals surface area contributed by atoms with Crippen LogP contribution in [0, 0.1) is 12.7 Å². The number of aromatic nitrogens is 3. The number of ether oxygens (including phenoxy) is 1. The van der Waals surface area contributed by atoms with Gasteiger partial charge in [-0.2, -0.15) is 0 Å². The van der Waals surface area contributed by atoms with E-state index in [-0.39, 0.29) is 17.8 Å². The van der Waals surface area contributed by atoms with Gasteiger partial charge in [0.05, 0.1) is 42.5 Å². The minimum Gasteiger partial charge on any atom is -0.494 e. The maximum Gasteiger partial charge on any atom is 0.247 e. The van der Waals surface area contributed by atoms with Gasteiger partial charge in [0.25, 0.3) is 0 Å². The molecular formula is C34H39FN8O3. The highest BCUT2D eigenvalue weighted by molar-refractivity contribution is 6.02. The van der Waals surface area contributed by atoms with Gasteiger partial charge in [0.2, 0.25) is 5.91 Å². The molecule has 1 aliphatic rings. The van der Waals surface area contributed by atoms with Gasteiger partial charge in [-0.3, -0.25) is 14.6 Å². The molecule has 1 aliphatic heterocycles. The largest absolute Gasteiger partial charge is 0.494 e. The molecule has 1 unspecified atom stereocenters. The third-order valence-corrected chi connectivity index (χ3v) is 7.73. The quantitative estimate of drug-likeness (QED) is 0.189. The summed E-state index contributed by atoms with van der Waals surface area (Å²) in [5.74, 6) is 0.966. The number of hydrogen-bond acceptors (Lipinski definition) is 10. The molecule has 1 atom stereocenters. The Balaban J connectivity index is 1.42. The van der Waals surface area contributed by atoms with Crippen molar-refractivity contribution in [2.45, 2.75) is 19.4 Å². The normalized spacial score (nSPS) is 14.3. The third kappa shape index (κ3) is 7.41. The molecule has 5 rings (SSSR count). The summed E-state index contributed by atoms with van der Waals surface area (Å²) in [4.78, 5) is 35.7. The molecule has 0 bridgehead atoms. The second-order valence-corrected chi connectivity index (χ2v) is 11.3. The molecule has 46 heavy (non-hydrogen) atoms. The van der Waals surface area contributed by atoms with E-state index in [9.17, 15) is 9.18 Å². The lowest BCUT2D eigenvalue weighted by Gasteiger charge is -2.26. The van der Waals surface area contributed by atoms with E-state index in [1.807, 2.05) is 57.5 Å². The number of carbonyl (C=O) groups excluding carboxylic acids is 1. The van der Waals surface area contributed by atoms with E-state index in [2.05, 4.69) is 42.0 Å². The van der Waals surface area contributed by atoms with Crippen molar-refractivity contribution in [2.24, 2.45) is 0 Å². The summed E-state index contributed by atoms with van der Waals surface area (Å²) in [7, 11) is 7.57. The highest BCUT2D eigenvalue weighted by Gasteiger charge is 2.29. The van der Waals surface area contributed by atoms with Crippen LogP contribution in [0.5, 0.6) is 5.75 Å². The average molecular weight is 627 g/mol. The van der Waals surface area contributed by atoms with E-state index >= 15 is 0 Å². The Bertz CT molecular complexity index is 1720. The number of rotatable bonds is 12. The standard InChI is InChI=1S/C34H39FN8O3/c1-7-34(44)40-27-17-28(31(45-6)18-30(27)42(5)13-12-41(3)4)39-32-19-33(38-21-37-32)43-29(11-14-46-43)24-10-8-9-23(15-24)25-16-26(35)22(2)36-20-25/h7-10,15-21,29H,1,11-14H2,2-6H3,(H,40,44)(H,37,38,39). The molecule has 0 spiro atoms. The van der Waals surface area contributed by atoms with Gasteiger partial charge in [0, 0.05) is 50.5 Å². The highest BCUT2D eigenvalue weighted by atomic mass is 19.1. The average Bonchev–Trinajstić information content (AvgIpc) is 3.55. The van der Waals surface area contributed by atoms with Gasteiger partial charge in [-0.15, -0.1) is 0 Å². The summed E-state index contributed by atoms with van der Waals surface area (Å²) in [6.45, 7) is 7.29. The number of halogens is 1. The van der Waals surface area contributed by atoms with Gasteiger partial charge in [0.15, 0.2) is 5.82 Å². The summed E-state index contributed by atoms with van der Waals surface area (Å²) in [6, 6.07) is 14.8. The lowest BCUT2D eigenvalue weighted by atomic mass is 9.99. The van der Waals surface area contributed by atoms with Crippen molar-refractivity contribution in [2.75, 3.05) is 68.5 Å². The number of amides is 1. The lowest BCUT2D eigenvalue weighted by Crippen LogP contribution is -2.29. The number of hydrogen-bond donors (Lipinski definition) is 2. The number of benzene rings is 2. The number of pyridine rings is 1. The SMILES string of the molecule is C=CC(=O)Nc1cc(Nc2cc(N3OCCC3c3cccc(-c4cnc(C)c(F)c4)c3)ncn2)c(OC)cc1N(C)CCN(C)C. The molecule has 2 aromatic carbocycles. The van der Waals surface area contributed by atoms with Crippen LogP contribution in [0.15, 0.2) is 73.7 Å². The summed E-state index contributed by atoms with van der Waals surface area (Å²) in [5.41, 5.74) is 4.92. The molecule has 1 saturated heterocycles. The van der Waals surface area contributed by atoms with Crippen molar-refractivity contribution in [3.63, 3.8) is 0 Å². The molecule has 2 N–H and O–H groups in total. The fourth-order valence-electron chi connectivity index (χ4n) is 5.17. The highest BCUT2D eigenvalue weighted by Crippen LogP contribution is 2.39. The van der Waals surface area contributed by atoms with Crippen molar-refractivity contribution in [3.8, 4) is 16.9 Å². The van der Waals surface area contributed by atoms with Crippen molar-refractivity contribution in [1.29, 1.82) is 0 Å². The molecule has 4 aromatic rings. The van der Waals surface area contributed by atoms with Gasteiger partial charge in [-0.25, -0.2) is 19.4 Å². The zero-order valence-electron chi connectivity index (χ0n) is 26.7. The van der Waals surface area contributed by atoms with E-state index in [0.29, 0.717) is 46.6 Å². The molecule has 3 heterocycles. The number of carbonyl (C=O) groups is 1. The summed E-state index contributed by atoms with van der Waals surface area (Å²) in [6.07, 6.45) is 5.11. The van der Waals surface area contributed by atoms with Crippen LogP contribution < -0.4 is 25.3 Å². The third-order valence-electron chi connectivity index (χ3n) is 7.73. The Kier molecular flexibility index (Phi) is 10.1. The number of nitrogens with one attached hydrogen (secondary N) is 2. The monoisotopic (exact) mass is 626 g/mol. The fourth-order valence-corrected chi connectivity index (χ4v) is 5.17.